The fourth-order valence-electron chi connectivity index (χ4n) is 2.29. The van der Waals surface area contributed by atoms with Crippen LogP contribution in [0.2, 0.25) is 0 Å². The molecular formula is C13H18BrNO. The van der Waals surface area contributed by atoms with Gasteiger partial charge in [0.2, 0.25) is 0 Å². The smallest absolute Gasteiger partial charge is 0.0510 e. The van der Waals surface area contributed by atoms with Gasteiger partial charge in [-0.1, -0.05) is 28.1 Å². The maximum Gasteiger partial charge on any atom is 0.0510 e. The molecule has 1 aliphatic heterocycles. The highest BCUT2D eigenvalue weighted by Crippen LogP contribution is 2.21. The first kappa shape index (κ1) is 12.1. The van der Waals surface area contributed by atoms with Crippen molar-refractivity contribution in [3.05, 3.63) is 34.3 Å². The minimum atomic E-state index is 0.525. The molecule has 1 heterocycles. The van der Waals surface area contributed by atoms with Gasteiger partial charge in [0.1, 0.15) is 0 Å². The van der Waals surface area contributed by atoms with Crippen LogP contribution in [0.25, 0.3) is 0 Å². The van der Waals surface area contributed by atoms with Crippen molar-refractivity contribution < 1.29 is 4.74 Å². The van der Waals surface area contributed by atoms with E-state index in [9.17, 15) is 0 Å². The second kappa shape index (κ2) is 5.80. The van der Waals surface area contributed by atoms with E-state index < -0.39 is 0 Å². The minimum absolute atomic E-state index is 0.525. The van der Waals surface area contributed by atoms with Crippen molar-refractivity contribution >= 4 is 15.9 Å². The molecule has 2 atom stereocenters. The van der Waals surface area contributed by atoms with Gasteiger partial charge in [-0.15, -0.1) is 0 Å². The van der Waals surface area contributed by atoms with Gasteiger partial charge in [-0.25, -0.2) is 0 Å². The van der Waals surface area contributed by atoms with E-state index in [0.717, 1.165) is 24.1 Å². The molecule has 2 rings (SSSR count). The summed E-state index contributed by atoms with van der Waals surface area (Å²) in [7, 11) is 2.04. The molecular weight excluding hydrogens is 266 g/mol. The third kappa shape index (κ3) is 3.06. The van der Waals surface area contributed by atoms with Crippen molar-refractivity contribution in [2.45, 2.75) is 18.9 Å². The molecule has 0 spiro atoms. The van der Waals surface area contributed by atoms with Gasteiger partial charge in [-0.05, 0) is 37.6 Å². The number of benzene rings is 1. The SMILES string of the molecule is CNC(Cc1cccc(Br)c1)C1CCOC1. The van der Waals surface area contributed by atoms with Gasteiger partial charge >= 0.3 is 0 Å². The van der Waals surface area contributed by atoms with E-state index in [0.29, 0.717) is 12.0 Å². The van der Waals surface area contributed by atoms with Crippen LogP contribution in [0.1, 0.15) is 12.0 Å². The quantitative estimate of drug-likeness (QED) is 0.917. The molecule has 1 saturated heterocycles. The van der Waals surface area contributed by atoms with E-state index in [1.807, 2.05) is 7.05 Å². The van der Waals surface area contributed by atoms with E-state index in [1.165, 1.54) is 12.0 Å². The van der Waals surface area contributed by atoms with E-state index in [1.54, 1.807) is 0 Å². The van der Waals surface area contributed by atoms with Crippen molar-refractivity contribution in [1.82, 2.24) is 5.32 Å². The number of rotatable bonds is 4. The van der Waals surface area contributed by atoms with Crippen LogP contribution in [0.15, 0.2) is 28.7 Å². The first-order valence-electron chi connectivity index (χ1n) is 5.79. The number of nitrogens with one attached hydrogen (secondary N) is 1. The topological polar surface area (TPSA) is 21.3 Å². The van der Waals surface area contributed by atoms with Gasteiger partial charge in [-0.3, -0.25) is 0 Å². The summed E-state index contributed by atoms with van der Waals surface area (Å²) < 4.78 is 6.61. The molecule has 0 radical (unpaired) electrons. The molecule has 2 nitrogen and oxygen atoms in total. The lowest BCUT2D eigenvalue weighted by atomic mass is 9.93. The second-order valence-electron chi connectivity index (χ2n) is 4.35. The Labute approximate surface area is 106 Å². The Kier molecular flexibility index (Phi) is 4.38. The molecule has 88 valence electrons. The summed E-state index contributed by atoms with van der Waals surface area (Å²) in [6.45, 7) is 1.82. The van der Waals surface area contributed by atoms with E-state index >= 15 is 0 Å². The van der Waals surface area contributed by atoms with Crippen LogP contribution in [-0.2, 0) is 11.2 Å². The van der Waals surface area contributed by atoms with Crippen LogP contribution in [0.5, 0.6) is 0 Å². The van der Waals surface area contributed by atoms with E-state index in [-0.39, 0.29) is 0 Å². The third-order valence-electron chi connectivity index (χ3n) is 3.25. The van der Waals surface area contributed by atoms with Gasteiger partial charge < -0.3 is 10.1 Å². The van der Waals surface area contributed by atoms with Crippen molar-refractivity contribution in [3.8, 4) is 0 Å². The van der Waals surface area contributed by atoms with Crippen molar-refractivity contribution in [1.29, 1.82) is 0 Å². The van der Waals surface area contributed by atoms with Gasteiger partial charge in [0.05, 0.1) is 6.61 Å². The van der Waals surface area contributed by atoms with Crippen molar-refractivity contribution in [3.63, 3.8) is 0 Å². The van der Waals surface area contributed by atoms with Gasteiger partial charge in [0, 0.05) is 23.0 Å². The largest absolute Gasteiger partial charge is 0.381 e. The van der Waals surface area contributed by atoms with E-state index in [4.69, 9.17) is 4.74 Å². The standard InChI is InChI=1S/C13H18BrNO/c1-15-13(11-5-6-16-9-11)8-10-3-2-4-12(14)7-10/h2-4,7,11,13,15H,5-6,8-9H2,1H3. The van der Waals surface area contributed by atoms with Crippen molar-refractivity contribution in [2.75, 3.05) is 20.3 Å². The molecule has 1 fully saturated rings. The first-order valence-corrected chi connectivity index (χ1v) is 6.58. The maximum absolute atomic E-state index is 5.45. The summed E-state index contributed by atoms with van der Waals surface area (Å²) in [5, 5.41) is 3.42. The predicted molar refractivity (Wildman–Crippen MR) is 69.6 cm³/mol. The predicted octanol–water partition coefficient (Wildman–Crippen LogP) is 2.62. The van der Waals surface area contributed by atoms with Gasteiger partial charge in [-0.2, -0.15) is 0 Å². The lowest BCUT2D eigenvalue weighted by Gasteiger charge is -2.21. The van der Waals surface area contributed by atoms with Crippen LogP contribution in [-0.4, -0.2) is 26.3 Å². The number of ether oxygens (including phenoxy) is 1. The Hall–Kier alpha value is -0.380. The highest BCUT2D eigenvalue weighted by atomic mass is 79.9. The average Bonchev–Trinajstić information content (AvgIpc) is 2.79. The van der Waals surface area contributed by atoms with Crippen LogP contribution in [0.4, 0.5) is 0 Å². The normalized spacial score (nSPS) is 22.2. The molecule has 0 amide bonds. The van der Waals surface area contributed by atoms with Crippen LogP contribution in [0.3, 0.4) is 0 Å². The second-order valence-corrected chi connectivity index (χ2v) is 5.27. The molecule has 16 heavy (non-hydrogen) atoms. The fourth-order valence-corrected chi connectivity index (χ4v) is 2.74. The third-order valence-corrected chi connectivity index (χ3v) is 3.74. The molecule has 1 aromatic carbocycles. The summed E-state index contributed by atoms with van der Waals surface area (Å²) in [4.78, 5) is 0. The average molecular weight is 284 g/mol. The molecule has 1 aromatic rings. The zero-order valence-electron chi connectivity index (χ0n) is 9.58. The first-order chi connectivity index (χ1) is 7.79. The Balaban J connectivity index is 2.00. The Bertz CT molecular complexity index is 336. The Morgan fingerprint density at radius 1 is 1.56 bits per heavy atom. The van der Waals surface area contributed by atoms with Crippen LogP contribution in [0, 0.1) is 5.92 Å². The molecule has 0 bridgehead atoms. The summed E-state index contributed by atoms with van der Waals surface area (Å²) in [6, 6.07) is 9.07. The summed E-state index contributed by atoms with van der Waals surface area (Å²) in [5.74, 6) is 0.656. The lowest BCUT2D eigenvalue weighted by Crippen LogP contribution is -2.35. The molecule has 2 unspecified atom stereocenters. The molecule has 0 saturated carbocycles. The zero-order valence-corrected chi connectivity index (χ0v) is 11.2. The number of hydrogen-bond donors (Lipinski definition) is 1. The number of likely N-dealkylation sites (N-methyl/N-ethyl adjacent to an activating group) is 1. The molecule has 0 aromatic heterocycles. The minimum Gasteiger partial charge on any atom is -0.381 e. The summed E-state index contributed by atoms with van der Waals surface area (Å²) in [5.41, 5.74) is 1.38. The fraction of sp³-hybridized carbons (Fsp3) is 0.538. The van der Waals surface area contributed by atoms with Gasteiger partial charge in [0.25, 0.3) is 0 Å². The van der Waals surface area contributed by atoms with Crippen LogP contribution < -0.4 is 5.32 Å². The molecule has 3 heteroatoms. The van der Waals surface area contributed by atoms with Crippen molar-refractivity contribution in [2.24, 2.45) is 5.92 Å². The Morgan fingerprint density at radius 2 is 2.44 bits per heavy atom. The molecule has 0 aliphatic carbocycles. The maximum atomic E-state index is 5.45. The Morgan fingerprint density at radius 3 is 3.06 bits per heavy atom. The van der Waals surface area contributed by atoms with Gasteiger partial charge in [0.15, 0.2) is 0 Å². The number of halogens is 1. The summed E-state index contributed by atoms with van der Waals surface area (Å²) >= 11 is 3.51. The molecule has 1 N–H and O–H groups in total. The number of hydrogen-bond acceptors (Lipinski definition) is 2. The lowest BCUT2D eigenvalue weighted by molar-refractivity contribution is 0.177. The molecule has 1 aliphatic rings. The summed E-state index contributed by atoms with van der Waals surface area (Å²) in [6.07, 6.45) is 2.25. The zero-order chi connectivity index (χ0) is 11.4. The van der Waals surface area contributed by atoms with E-state index in [2.05, 4.69) is 45.5 Å². The highest BCUT2D eigenvalue weighted by molar-refractivity contribution is 9.10. The highest BCUT2D eigenvalue weighted by Gasteiger charge is 2.24. The monoisotopic (exact) mass is 283 g/mol. The van der Waals surface area contributed by atoms with Crippen LogP contribution >= 0.6 is 15.9 Å².